The molecule has 0 amide bonds. The zero-order chi connectivity index (χ0) is 18.1. The molecule has 1 aliphatic heterocycles. The van der Waals surface area contributed by atoms with Gasteiger partial charge in [-0.05, 0) is 23.9 Å². The van der Waals surface area contributed by atoms with E-state index in [9.17, 15) is 9.59 Å². The molecule has 0 radical (unpaired) electrons. The Morgan fingerprint density at radius 2 is 2.15 bits per heavy atom. The number of carbonyl (C=O) groups excluding carboxylic acids is 1. The number of hydrogen-bond acceptors (Lipinski definition) is 9. The van der Waals surface area contributed by atoms with Gasteiger partial charge in [-0.15, -0.1) is 16.4 Å². The minimum Gasteiger partial charge on any atom is -0.486 e. The van der Waals surface area contributed by atoms with E-state index >= 15 is 0 Å². The number of carbonyl (C=O) groups is 1. The maximum Gasteiger partial charge on any atom is 0.349 e. The van der Waals surface area contributed by atoms with Crippen molar-refractivity contribution < 1.29 is 19.0 Å². The molecule has 4 rings (SSSR count). The third kappa shape index (κ3) is 3.06. The van der Waals surface area contributed by atoms with Gasteiger partial charge < -0.3 is 14.2 Å². The van der Waals surface area contributed by atoms with Crippen LogP contribution in [0.15, 0.2) is 38.7 Å². The van der Waals surface area contributed by atoms with E-state index in [0.29, 0.717) is 44.8 Å². The molecule has 0 saturated carbocycles. The van der Waals surface area contributed by atoms with Gasteiger partial charge >= 0.3 is 11.7 Å². The molecule has 11 heteroatoms. The van der Waals surface area contributed by atoms with E-state index in [1.54, 1.807) is 18.2 Å². The summed E-state index contributed by atoms with van der Waals surface area (Å²) in [5.41, 5.74) is 0.189. The van der Waals surface area contributed by atoms with Crippen LogP contribution in [-0.4, -0.2) is 46.0 Å². The Morgan fingerprint density at radius 1 is 1.35 bits per heavy atom. The van der Waals surface area contributed by atoms with Gasteiger partial charge in [-0.25, -0.2) is 24.2 Å². The van der Waals surface area contributed by atoms with Gasteiger partial charge in [0, 0.05) is 6.07 Å². The molecule has 3 heterocycles. The third-order valence-electron chi connectivity index (χ3n) is 3.48. The highest BCUT2D eigenvalue weighted by molar-refractivity contribution is 8.00. The fraction of sp³-hybridized carbons (Fsp3) is 0.200. The number of hydrogen-bond donors (Lipinski definition) is 1. The summed E-state index contributed by atoms with van der Waals surface area (Å²) in [4.78, 5) is 28.3. The van der Waals surface area contributed by atoms with Crippen LogP contribution in [-0.2, 0) is 4.74 Å². The van der Waals surface area contributed by atoms with E-state index < -0.39 is 11.7 Å². The van der Waals surface area contributed by atoms with Crippen molar-refractivity contribution in [3.8, 4) is 17.2 Å². The molecule has 1 aromatic carbocycles. The molecule has 1 N–H and O–H groups in total. The molecule has 9 nitrogen and oxygen atoms in total. The van der Waals surface area contributed by atoms with E-state index in [1.807, 2.05) is 0 Å². The van der Waals surface area contributed by atoms with E-state index in [1.165, 1.54) is 17.9 Å². The van der Waals surface area contributed by atoms with E-state index in [-0.39, 0.29) is 0 Å². The van der Waals surface area contributed by atoms with Crippen LogP contribution in [0.5, 0.6) is 11.5 Å². The molecule has 3 aromatic rings. The summed E-state index contributed by atoms with van der Waals surface area (Å²) in [5, 5.41) is 6.85. The molecular formula is C15H12N4O5S2. The number of nitrogens with one attached hydrogen (secondary N) is 1. The summed E-state index contributed by atoms with van der Waals surface area (Å²) < 4.78 is 17.7. The number of fused-ring (bicyclic) bond motifs is 1. The molecular weight excluding hydrogens is 380 g/mol. The van der Waals surface area contributed by atoms with Crippen molar-refractivity contribution in [2.75, 3.05) is 20.3 Å². The fourth-order valence-electron chi connectivity index (χ4n) is 2.33. The maximum atomic E-state index is 12.2. The molecule has 0 spiro atoms. The number of aromatic amines is 1. The minimum absolute atomic E-state index is 0.374. The highest BCUT2D eigenvalue weighted by Crippen LogP contribution is 2.34. The Balaban J connectivity index is 1.67. The molecule has 0 bridgehead atoms. The lowest BCUT2D eigenvalue weighted by molar-refractivity contribution is 0.0606. The standard InChI is InChI=1S/C15H12N4O5S2/c1-22-12(20)11-7-16-15(25-11)26-14-18-17-13(21)19(14)8-2-3-9-10(6-8)24-5-4-23-9/h2-3,6-7H,4-5H2,1H3,(H,17,21). The second kappa shape index (κ2) is 6.84. The molecule has 26 heavy (non-hydrogen) atoms. The van der Waals surface area contributed by atoms with Crippen LogP contribution >= 0.6 is 23.1 Å². The summed E-state index contributed by atoms with van der Waals surface area (Å²) in [7, 11) is 1.31. The van der Waals surface area contributed by atoms with Crippen LogP contribution in [0.4, 0.5) is 0 Å². The average molecular weight is 392 g/mol. The number of thiazole rings is 1. The van der Waals surface area contributed by atoms with Crippen LogP contribution in [0.25, 0.3) is 5.69 Å². The minimum atomic E-state index is -0.458. The third-order valence-corrected chi connectivity index (χ3v) is 5.48. The summed E-state index contributed by atoms with van der Waals surface area (Å²) in [6.45, 7) is 0.944. The van der Waals surface area contributed by atoms with E-state index in [0.717, 1.165) is 23.1 Å². The lowest BCUT2D eigenvalue weighted by Gasteiger charge is -2.19. The smallest absolute Gasteiger partial charge is 0.349 e. The van der Waals surface area contributed by atoms with Crippen LogP contribution in [0.3, 0.4) is 0 Å². The van der Waals surface area contributed by atoms with Gasteiger partial charge in [0.2, 0.25) is 5.16 Å². The lowest BCUT2D eigenvalue weighted by Crippen LogP contribution is -2.18. The average Bonchev–Trinajstić information content (AvgIpc) is 3.28. The number of ether oxygens (including phenoxy) is 3. The van der Waals surface area contributed by atoms with Gasteiger partial charge in [0.25, 0.3) is 0 Å². The van der Waals surface area contributed by atoms with Gasteiger partial charge in [-0.2, -0.15) is 0 Å². The Morgan fingerprint density at radius 3 is 2.96 bits per heavy atom. The van der Waals surface area contributed by atoms with E-state index in [4.69, 9.17) is 9.47 Å². The molecule has 0 atom stereocenters. The SMILES string of the molecule is COC(=O)c1cnc(Sc2n[nH]c(=O)n2-c2ccc3c(c2)OCCO3)s1. The normalized spacial score (nSPS) is 12.8. The van der Waals surface area contributed by atoms with Crippen LogP contribution < -0.4 is 15.2 Å². The highest BCUT2D eigenvalue weighted by Gasteiger charge is 2.19. The van der Waals surface area contributed by atoms with Crippen molar-refractivity contribution >= 4 is 29.1 Å². The second-order valence-corrected chi connectivity index (χ2v) is 7.30. The Labute approximate surface area is 154 Å². The number of aromatic nitrogens is 4. The van der Waals surface area contributed by atoms with Crippen molar-refractivity contribution in [2.45, 2.75) is 9.50 Å². The Bertz CT molecular complexity index is 1030. The van der Waals surface area contributed by atoms with Crippen LogP contribution in [0.1, 0.15) is 9.67 Å². The van der Waals surface area contributed by atoms with Crippen molar-refractivity contribution in [1.29, 1.82) is 0 Å². The predicted molar refractivity (Wildman–Crippen MR) is 92.8 cm³/mol. The highest BCUT2D eigenvalue weighted by atomic mass is 32.2. The number of nitrogens with zero attached hydrogens (tertiary/aromatic N) is 3. The zero-order valence-corrected chi connectivity index (χ0v) is 15.1. The monoisotopic (exact) mass is 392 g/mol. The molecule has 2 aromatic heterocycles. The van der Waals surface area contributed by atoms with Gasteiger partial charge in [-0.3, -0.25) is 0 Å². The quantitative estimate of drug-likeness (QED) is 0.669. The molecule has 0 unspecified atom stereocenters. The molecule has 134 valence electrons. The molecule has 0 fully saturated rings. The number of rotatable bonds is 4. The molecule has 0 aliphatic carbocycles. The number of benzene rings is 1. The summed E-state index contributed by atoms with van der Waals surface area (Å²) in [5.74, 6) is 0.744. The first-order valence-corrected chi connectivity index (χ1v) is 9.08. The summed E-state index contributed by atoms with van der Waals surface area (Å²) >= 11 is 2.32. The second-order valence-electron chi connectivity index (χ2n) is 5.06. The van der Waals surface area contributed by atoms with Crippen molar-refractivity contribution in [2.24, 2.45) is 0 Å². The van der Waals surface area contributed by atoms with Crippen molar-refractivity contribution in [3.05, 3.63) is 39.8 Å². The maximum absolute atomic E-state index is 12.2. The van der Waals surface area contributed by atoms with Gasteiger partial charge in [-0.1, -0.05) is 0 Å². The predicted octanol–water partition coefficient (Wildman–Crippen LogP) is 1.73. The topological polar surface area (TPSA) is 108 Å². The zero-order valence-electron chi connectivity index (χ0n) is 13.4. The van der Waals surface area contributed by atoms with Crippen LogP contribution in [0, 0.1) is 0 Å². The molecule has 1 aliphatic rings. The van der Waals surface area contributed by atoms with Crippen molar-refractivity contribution in [3.63, 3.8) is 0 Å². The Kier molecular flexibility index (Phi) is 4.39. The van der Waals surface area contributed by atoms with Crippen molar-refractivity contribution in [1.82, 2.24) is 19.7 Å². The van der Waals surface area contributed by atoms with E-state index in [2.05, 4.69) is 19.9 Å². The lowest BCUT2D eigenvalue weighted by atomic mass is 10.2. The number of methoxy groups -OCH3 is 1. The van der Waals surface area contributed by atoms with Gasteiger partial charge in [0.15, 0.2) is 15.8 Å². The largest absolute Gasteiger partial charge is 0.486 e. The number of H-pyrrole nitrogens is 1. The first-order valence-electron chi connectivity index (χ1n) is 7.45. The summed E-state index contributed by atoms with van der Waals surface area (Å²) in [6.07, 6.45) is 1.43. The first kappa shape index (κ1) is 16.7. The van der Waals surface area contributed by atoms with Crippen LogP contribution in [0.2, 0.25) is 0 Å². The van der Waals surface area contributed by atoms with Gasteiger partial charge in [0.05, 0.1) is 19.0 Å². The summed E-state index contributed by atoms with van der Waals surface area (Å²) in [6, 6.07) is 5.21. The molecule has 0 saturated heterocycles. The number of esters is 1. The first-order chi connectivity index (χ1) is 12.7. The van der Waals surface area contributed by atoms with Gasteiger partial charge in [0.1, 0.15) is 18.1 Å². The fourth-order valence-corrected chi connectivity index (χ4v) is 4.19. The Hall–Kier alpha value is -2.79.